The summed E-state index contributed by atoms with van der Waals surface area (Å²) < 4.78 is 5.27. The Kier molecular flexibility index (Phi) is 5.68. The summed E-state index contributed by atoms with van der Waals surface area (Å²) >= 11 is 6.84. The summed E-state index contributed by atoms with van der Waals surface area (Å²) in [6, 6.07) is 0. The summed E-state index contributed by atoms with van der Waals surface area (Å²) in [7, 11) is 1.77. The van der Waals surface area contributed by atoms with Gasteiger partial charge in [0.05, 0.1) is 12.2 Å². The first-order valence-corrected chi connectivity index (χ1v) is 9.30. The van der Waals surface area contributed by atoms with Crippen LogP contribution in [0.3, 0.4) is 0 Å². The second kappa shape index (κ2) is 7.18. The summed E-state index contributed by atoms with van der Waals surface area (Å²) in [5.41, 5.74) is 2.10. The molecule has 23 heavy (non-hydrogen) atoms. The Bertz CT molecular complexity index is 602. The maximum atomic E-state index is 12.4. The van der Waals surface area contributed by atoms with Gasteiger partial charge in [0, 0.05) is 11.9 Å². The normalized spacial score (nSPS) is 17.3. The summed E-state index contributed by atoms with van der Waals surface area (Å²) in [6.07, 6.45) is 3.05. The molecule has 0 aliphatic heterocycles. The minimum atomic E-state index is -0.249. The third-order valence-corrected chi connectivity index (χ3v) is 5.90. The first-order valence-electron chi connectivity index (χ1n) is 8.08. The molecule has 0 saturated heterocycles. The number of carbonyl (C=O) groups is 1. The van der Waals surface area contributed by atoms with Gasteiger partial charge in [0.25, 0.3) is 0 Å². The highest BCUT2D eigenvalue weighted by Crippen LogP contribution is 2.44. The number of thiocarbonyl (C=S) groups is 1. The zero-order chi connectivity index (χ0) is 17.2. The molecule has 1 heterocycles. The van der Waals surface area contributed by atoms with E-state index < -0.39 is 0 Å². The lowest BCUT2D eigenvalue weighted by atomic mass is 9.72. The highest BCUT2D eigenvalue weighted by Gasteiger charge is 2.34. The molecule has 1 aromatic heterocycles. The van der Waals surface area contributed by atoms with E-state index in [1.165, 1.54) is 4.88 Å². The molecule has 2 N–H and O–H groups in total. The van der Waals surface area contributed by atoms with Crippen LogP contribution in [0.15, 0.2) is 0 Å². The number of carbonyl (C=O) groups excluding carboxylic acids is 1. The van der Waals surface area contributed by atoms with Crippen LogP contribution in [-0.4, -0.2) is 24.7 Å². The molecule has 6 heteroatoms. The van der Waals surface area contributed by atoms with E-state index in [1.54, 1.807) is 18.4 Å². The second-order valence-corrected chi connectivity index (χ2v) is 8.45. The van der Waals surface area contributed by atoms with Gasteiger partial charge >= 0.3 is 5.97 Å². The van der Waals surface area contributed by atoms with Crippen LogP contribution in [0.1, 0.15) is 54.9 Å². The molecule has 0 saturated carbocycles. The largest absolute Gasteiger partial charge is 0.462 e. The van der Waals surface area contributed by atoms with Crippen LogP contribution in [0, 0.1) is 11.3 Å². The highest BCUT2D eigenvalue weighted by molar-refractivity contribution is 7.80. The van der Waals surface area contributed by atoms with Crippen molar-refractivity contribution in [2.45, 2.75) is 47.0 Å². The Labute approximate surface area is 148 Å². The molecule has 2 rings (SSSR count). The predicted molar refractivity (Wildman–Crippen MR) is 101 cm³/mol. The van der Waals surface area contributed by atoms with Crippen molar-refractivity contribution in [2.75, 3.05) is 19.0 Å². The van der Waals surface area contributed by atoms with Gasteiger partial charge in [0.1, 0.15) is 5.00 Å². The number of fused-ring (bicyclic) bond motifs is 1. The van der Waals surface area contributed by atoms with E-state index in [0.717, 1.165) is 29.8 Å². The lowest BCUT2D eigenvalue weighted by Crippen LogP contribution is -2.27. The van der Waals surface area contributed by atoms with Gasteiger partial charge in [-0.1, -0.05) is 20.8 Å². The van der Waals surface area contributed by atoms with Crippen molar-refractivity contribution in [3.8, 4) is 0 Å². The van der Waals surface area contributed by atoms with Crippen molar-refractivity contribution < 1.29 is 9.53 Å². The molecule has 0 unspecified atom stereocenters. The van der Waals surface area contributed by atoms with Crippen molar-refractivity contribution in [3.63, 3.8) is 0 Å². The van der Waals surface area contributed by atoms with Crippen LogP contribution < -0.4 is 10.6 Å². The van der Waals surface area contributed by atoms with E-state index in [-0.39, 0.29) is 11.4 Å². The molecule has 128 valence electrons. The van der Waals surface area contributed by atoms with Crippen molar-refractivity contribution in [2.24, 2.45) is 11.3 Å². The molecule has 0 amide bonds. The number of esters is 1. The Morgan fingerprint density at radius 2 is 2.13 bits per heavy atom. The van der Waals surface area contributed by atoms with Gasteiger partial charge in [-0.3, -0.25) is 0 Å². The number of rotatable bonds is 3. The van der Waals surface area contributed by atoms with Gasteiger partial charge in [-0.15, -0.1) is 11.3 Å². The van der Waals surface area contributed by atoms with E-state index in [1.807, 2.05) is 6.92 Å². The van der Waals surface area contributed by atoms with Gasteiger partial charge in [-0.25, -0.2) is 4.79 Å². The van der Waals surface area contributed by atoms with E-state index in [0.29, 0.717) is 23.2 Å². The zero-order valence-corrected chi connectivity index (χ0v) is 16.2. The molecule has 1 aliphatic rings. The molecule has 0 bridgehead atoms. The van der Waals surface area contributed by atoms with Crippen LogP contribution in [0.5, 0.6) is 0 Å². The first-order chi connectivity index (χ1) is 10.8. The Balaban J connectivity index is 2.38. The van der Waals surface area contributed by atoms with Gasteiger partial charge in [-0.2, -0.15) is 0 Å². The molecule has 0 fully saturated rings. The summed E-state index contributed by atoms with van der Waals surface area (Å²) in [6.45, 7) is 9.08. The molecule has 1 aromatic rings. The fourth-order valence-corrected chi connectivity index (χ4v) is 4.48. The van der Waals surface area contributed by atoms with Crippen molar-refractivity contribution >= 4 is 39.6 Å². The van der Waals surface area contributed by atoms with Crippen LogP contribution >= 0.6 is 23.6 Å². The number of hydrogen-bond acceptors (Lipinski definition) is 4. The van der Waals surface area contributed by atoms with Crippen LogP contribution in [-0.2, 0) is 17.6 Å². The van der Waals surface area contributed by atoms with Crippen LogP contribution in [0.2, 0.25) is 0 Å². The fraction of sp³-hybridized carbons (Fsp3) is 0.647. The molecule has 0 radical (unpaired) electrons. The highest BCUT2D eigenvalue weighted by atomic mass is 32.1. The van der Waals surface area contributed by atoms with E-state index in [9.17, 15) is 4.79 Å². The molecule has 0 aromatic carbocycles. The standard InChI is InChI=1S/C17H26N2O2S2/c1-6-21-15(20)13-11-8-7-10(17(2,3)4)9-12(11)23-14(13)19-16(22)18-5/h10H,6-9H2,1-5H3,(H2,18,19,22)/t10-/m0/s1. The molecule has 1 atom stereocenters. The van der Waals surface area contributed by atoms with E-state index >= 15 is 0 Å². The van der Waals surface area contributed by atoms with Gasteiger partial charge in [0.15, 0.2) is 5.11 Å². The van der Waals surface area contributed by atoms with Gasteiger partial charge < -0.3 is 15.4 Å². The van der Waals surface area contributed by atoms with Gasteiger partial charge in [0.2, 0.25) is 0 Å². The zero-order valence-electron chi connectivity index (χ0n) is 14.5. The number of ether oxygens (including phenoxy) is 1. The fourth-order valence-electron chi connectivity index (χ4n) is 3.00. The third kappa shape index (κ3) is 4.04. The summed E-state index contributed by atoms with van der Waals surface area (Å²) in [4.78, 5) is 13.7. The lowest BCUT2D eigenvalue weighted by molar-refractivity contribution is 0.0526. The number of hydrogen-bond donors (Lipinski definition) is 2. The minimum Gasteiger partial charge on any atom is -0.462 e. The van der Waals surface area contributed by atoms with Crippen molar-refractivity contribution in [3.05, 3.63) is 16.0 Å². The molecule has 4 nitrogen and oxygen atoms in total. The Morgan fingerprint density at radius 3 is 2.70 bits per heavy atom. The number of thiophene rings is 1. The van der Waals surface area contributed by atoms with E-state index in [2.05, 4.69) is 31.4 Å². The Morgan fingerprint density at radius 1 is 1.43 bits per heavy atom. The van der Waals surface area contributed by atoms with Gasteiger partial charge in [-0.05, 0) is 55.3 Å². The molecular weight excluding hydrogens is 328 g/mol. The topological polar surface area (TPSA) is 50.4 Å². The quantitative estimate of drug-likeness (QED) is 0.635. The van der Waals surface area contributed by atoms with Crippen molar-refractivity contribution in [1.29, 1.82) is 0 Å². The summed E-state index contributed by atoms with van der Waals surface area (Å²) in [5.74, 6) is 0.383. The smallest absolute Gasteiger partial charge is 0.341 e. The van der Waals surface area contributed by atoms with Crippen LogP contribution in [0.4, 0.5) is 5.00 Å². The molecule has 1 aliphatic carbocycles. The average Bonchev–Trinajstić information content (AvgIpc) is 2.83. The maximum Gasteiger partial charge on any atom is 0.341 e. The molecule has 0 spiro atoms. The monoisotopic (exact) mass is 354 g/mol. The maximum absolute atomic E-state index is 12.4. The summed E-state index contributed by atoms with van der Waals surface area (Å²) in [5, 5.41) is 7.37. The first kappa shape index (κ1) is 18.2. The Hall–Kier alpha value is -1.14. The molecular formula is C17H26N2O2S2. The van der Waals surface area contributed by atoms with Crippen LogP contribution in [0.25, 0.3) is 0 Å². The average molecular weight is 355 g/mol. The lowest BCUT2D eigenvalue weighted by Gasteiger charge is -2.33. The second-order valence-electron chi connectivity index (χ2n) is 6.94. The SMILES string of the molecule is CCOC(=O)c1c(NC(=S)NC)sc2c1CC[C@H](C(C)(C)C)C2. The number of nitrogens with one attached hydrogen (secondary N) is 2. The minimum absolute atomic E-state index is 0.249. The third-order valence-electron chi connectivity index (χ3n) is 4.42. The van der Waals surface area contributed by atoms with E-state index in [4.69, 9.17) is 17.0 Å². The van der Waals surface area contributed by atoms with Crippen molar-refractivity contribution in [1.82, 2.24) is 5.32 Å². The number of anilines is 1. The predicted octanol–water partition coefficient (Wildman–Crippen LogP) is 3.99.